The highest BCUT2D eigenvalue weighted by Crippen LogP contribution is 2.28. The van der Waals surface area contributed by atoms with Crippen LogP contribution in [-0.4, -0.2) is 50.8 Å². The molecule has 1 aliphatic heterocycles. The highest BCUT2D eigenvalue weighted by molar-refractivity contribution is 5.73. The zero-order chi connectivity index (χ0) is 14.5. The smallest absolute Gasteiger partial charge is 0.316 e. The van der Waals surface area contributed by atoms with Crippen molar-refractivity contribution in [3.05, 3.63) is 29.6 Å². The number of carbonyl (C=O) groups excluding carboxylic acids is 1. The van der Waals surface area contributed by atoms with Gasteiger partial charge in [0.2, 0.25) is 0 Å². The normalized spacial score (nSPS) is 16.4. The van der Waals surface area contributed by atoms with Crippen LogP contribution in [0.3, 0.4) is 0 Å². The van der Waals surface area contributed by atoms with Crippen LogP contribution in [0.15, 0.2) is 18.2 Å². The van der Waals surface area contributed by atoms with E-state index in [1.807, 2.05) is 0 Å². The summed E-state index contributed by atoms with van der Waals surface area (Å²) in [6.07, 6.45) is 0.737. The maximum absolute atomic E-state index is 13.1. The lowest BCUT2D eigenvalue weighted by Gasteiger charge is -2.14. The highest BCUT2D eigenvalue weighted by Gasteiger charge is 2.22. The van der Waals surface area contributed by atoms with Crippen molar-refractivity contribution in [3.63, 3.8) is 0 Å². The molecule has 0 spiro atoms. The molecule has 2 N–H and O–H groups in total. The van der Waals surface area contributed by atoms with E-state index in [0.717, 1.165) is 11.3 Å². The second-order valence-corrected chi connectivity index (χ2v) is 5.03. The highest BCUT2D eigenvalue weighted by atomic mass is 19.1. The third kappa shape index (κ3) is 3.84. The van der Waals surface area contributed by atoms with Crippen LogP contribution in [0.1, 0.15) is 5.56 Å². The van der Waals surface area contributed by atoms with Crippen molar-refractivity contribution in [2.45, 2.75) is 12.5 Å². The Morgan fingerprint density at radius 2 is 2.25 bits per heavy atom. The van der Waals surface area contributed by atoms with Crippen molar-refractivity contribution in [1.29, 1.82) is 0 Å². The number of rotatable bonds is 5. The Labute approximate surface area is 118 Å². The van der Waals surface area contributed by atoms with Gasteiger partial charge in [0.1, 0.15) is 17.7 Å². The standard InChI is InChI=1S/C14H20FN3O2/c1-18(2)14(19)17-6-5-16-9-12-8-10-7-11(15)3-4-13(10)20-12/h3-4,7,12,16H,5-6,8-9H2,1-2H3,(H,17,19). The zero-order valence-electron chi connectivity index (χ0n) is 11.8. The first-order valence-corrected chi connectivity index (χ1v) is 6.67. The van der Waals surface area contributed by atoms with Crippen LogP contribution in [0.2, 0.25) is 0 Å². The molecule has 0 saturated heterocycles. The van der Waals surface area contributed by atoms with E-state index in [1.165, 1.54) is 17.0 Å². The van der Waals surface area contributed by atoms with Crippen LogP contribution in [0.25, 0.3) is 0 Å². The Morgan fingerprint density at radius 1 is 1.45 bits per heavy atom. The Kier molecular flexibility index (Phi) is 4.79. The number of hydrogen-bond acceptors (Lipinski definition) is 3. The molecule has 1 aliphatic rings. The predicted molar refractivity (Wildman–Crippen MR) is 74.5 cm³/mol. The van der Waals surface area contributed by atoms with Gasteiger partial charge in [-0.05, 0) is 18.2 Å². The van der Waals surface area contributed by atoms with Crippen LogP contribution < -0.4 is 15.4 Å². The minimum atomic E-state index is -0.229. The van der Waals surface area contributed by atoms with E-state index in [4.69, 9.17) is 4.74 Å². The van der Waals surface area contributed by atoms with E-state index >= 15 is 0 Å². The van der Waals surface area contributed by atoms with Crippen LogP contribution in [0.5, 0.6) is 5.75 Å². The molecule has 110 valence electrons. The molecule has 1 heterocycles. The molecule has 5 nitrogen and oxygen atoms in total. The van der Waals surface area contributed by atoms with Crippen LogP contribution in [0.4, 0.5) is 9.18 Å². The van der Waals surface area contributed by atoms with E-state index in [-0.39, 0.29) is 18.0 Å². The summed E-state index contributed by atoms with van der Waals surface area (Å²) in [6.45, 7) is 1.91. The Balaban J connectivity index is 1.64. The lowest BCUT2D eigenvalue weighted by Crippen LogP contribution is -2.40. The molecule has 6 heteroatoms. The van der Waals surface area contributed by atoms with Gasteiger partial charge in [-0.25, -0.2) is 9.18 Å². The van der Waals surface area contributed by atoms with Crippen molar-refractivity contribution in [1.82, 2.24) is 15.5 Å². The van der Waals surface area contributed by atoms with Gasteiger partial charge in [-0.1, -0.05) is 0 Å². The second kappa shape index (κ2) is 6.56. The largest absolute Gasteiger partial charge is 0.488 e. The van der Waals surface area contributed by atoms with Crippen molar-refractivity contribution in [2.24, 2.45) is 0 Å². The van der Waals surface area contributed by atoms with E-state index in [2.05, 4.69) is 10.6 Å². The molecular formula is C14H20FN3O2. The molecular weight excluding hydrogens is 261 g/mol. The van der Waals surface area contributed by atoms with E-state index < -0.39 is 0 Å². The molecule has 1 atom stereocenters. The molecule has 0 bridgehead atoms. The summed E-state index contributed by atoms with van der Waals surface area (Å²) in [4.78, 5) is 12.8. The molecule has 1 aromatic rings. The average Bonchev–Trinajstić information content (AvgIpc) is 2.79. The second-order valence-electron chi connectivity index (χ2n) is 5.03. The summed E-state index contributed by atoms with van der Waals surface area (Å²) in [7, 11) is 3.40. The number of amides is 2. The monoisotopic (exact) mass is 281 g/mol. The summed E-state index contributed by atoms with van der Waals surface area (Å²) in [6, 6.07) is 4.49. The minimum absolute atomic E-state index is 0.0244. The first-order valence-electron chi connectivity index (χ1n) is 6.67. The van der Waals surface area contributed by atoms with Crippen molar-refractivity contribution >= 4 is 6.03 Å². The molecule has 2 amide bonds. The third-order valence-electron chi connectivity index (χ3n) is 3.12. The van der Waals surface area contributed by atoms with Gasteiger partial charge in [-0.2, -0.15) is 0 Å². The fraction of sp³-hybridized carbons (Fsp3) is 0.500. The number of ether oxygens (including phenoxy) is 1. The first kappa shape index (κ1) is 14.6. The Morgan fingerprint density at radius 3 is 3.00 bits per heavy atom. The molecule has 0 aliphatic carbocycles. The number of carbonyl (C=O) groups is 1. The fourth-order valence-electron chi connectivity index (χ4n) is 2.08. The van der Waals surface area contributed by atoms with Gasteiger partial charge in [0, 0.05) is 45.7 Å². The number of nitrogens with zero attached hydrogens (tertiary/aromatic N) is 1. The Bertz CT molecular complexity index is 479. The van der Waals surface area contributed by atoms with E-state index in [9.17, 15) is 9.18 Å². The van der Waals surface area contributed by atoms with Crippen molar-refractivity contribution < 1.29 is 13.9 Å². The molecule has 0 radical (unpaired) electrons. The molecule has 0 fully saturated rings. The molecule has 2 rings (SSSR count). The van der Waals surface area contributed by atoms with Crippen LogP contribution in [0, 0.1) is 5.82 Å². The number of hydrogen-bond donors (Lipinski definition) is 2. The van der Waals surface area contributed by atoms with Crippen LogP contribution >= 0.6 is 0 Å². The topological polar surface area (TPSA) is 53.6 Å². The molecule has 1 aromatic carbocycles. The van der Waals surface area contributed by atoms with E-state index in [1.54, 1.807) is 20.2 Å². The van der Waals surface area contributed by atoms with Gasteiger partial charge in [0.25, 0.3) is 0 Å². The molecule has 0 saturated carbocycles. The summed E-state index contributed by atoms with van der Waals surface area (Å²) in [5.41, 5.74) is 0.915. The van der Waals surface area contributed by atoms with Gasteiger partial charge in [0.05, 0.1) is 0 Å². The predicted octanol–water partition coefficient (Wildman–Crippen LogP) is 0.990. The average molecular weight is 281 g/mol. The number of halogens is 1. The zero-order valence-corrected chi connectivity index (χ0v) is 11.8. The van der Waals surface area contributed by atoms with Crippen molar-refractivity contribution in [3.8, 4) is 5.75 Å². The summed E-state index contributed by atoms with van der Waals surface area (Å²) in [5, 5.41) is 5.99. The Hall–Kier alpha value is -1.82. The van der Waals surface area contributed by atoms with Gasteiger partial charge in [-0.3, -0.25) is 0 Å². The third-order valence-corrected chi connectivity index (χ3v) is 3.12. The number of fused-ring (bicyclic) bond motifs is 1. The summed E-state index contributed by atoms with van der Waals surface area (Å²) in [5.74, 6) is 0.534. The summed E-state index contributed by atoms with van der Waals surface area (Å²) >= 11 is 0. The molecule has 1 unspecified atom stereocenters. The minimum Gasteiger partial charge on any atom is -0.488 e. The first-order chi connectivity index (χ1) is 9.56. The number of urea groups is 1. The van der Waals surface area contributed by atoms with Gasteiger partial charge < -0.3 is 20.3 Å². The quantitative estimate of drug-likeness (QED) is 0.791. The lowest BCUT2D eigenvalue weighted by atomic mass is 10.1. The SMILES string of the molecule is CN(C)C(=O)NCCNCC1Cc2cc(F)ccc2O1. The number of nitrogens with one attached hydrogen (secondary N) is 2. The number of benzene rings is 1. The maximum atomic E-state index is 13.1. The molecule has 20 heavy (non-hydrogen) atoms. The van der Waals surface area contributed by atoms with Crippen molar-refractivity contribution in [2.75, 3.05) is 33.7 Å². The molecule has 0 aromatic heterocycles. The van der Waals surface area contributed by atoms with Gasteiger partial charge in [0.15, 0.2) is 0 Å². The summed E-state index contributed by atoms with van der Waals surface area (Å²) < 4.78 is 18.8. The van der Waals surface area contributed by atoms with Gasteiger partial charge in [-0.15, -0.1) is 0 Å². The van der Waals surface area contributed by atoms with Gasteiger partial charge >= 0.3 is 6.03 Å². The fourth-order valence-corrected chi connectivity index (χ4v) is 2.08. The van der Waals surface area contributed by atoms with E-state index in [0.29, 0.717) is 26.1 Å². The lowest BCUT2D eigenvalue weighted by molar-refractivity contribution is 0.216. The van der Waals surface area contributed by atoms with Crippen LogP contribution in [-0.2, 0) is 6.42 Å². The maximum Gasteiger partial charge on any atom is 0.316 e.